The van der Waals surface area contributed by atoms with E-state index in [1.165, 1.54) is 35.1 Å². The third-order valence-corrected chi connectivity index (χ3v) is 4.32. The van der Waals surface area contributed by atoms with E-state index in [0.717, 1.165) is 12.3 Å². The molecular formula is C20H30Cl2Zr. The maximum absolute atomic E-state index is 3.44. The van der Waals surface area contributed by atoms with Gasteiger partial charge < -0.3 is 24.8 Å². The predicted octanol–water partition coefficient (Wildman–Crippen LogP) is 0.230. The van der Waals surface area contributed by atoms with Crippen LogP contribution in [-0.4, -0.2) is 0 Å². The van der Waals surface area contributed by atoms with Crippen molar-refractivity contribution < 1.29 is 51.0 Å². The van der Waals surface area contributed by atoms with Gasteiger partial charge in [-0.2, -0.15) is 17.2 Å². The number of rotatable bonds is 3. The van der Waals surface area contributed by atoms with E-state index < -0.39 is 0 Å². The fraction of sp³-hybridized carbons (Fsp3) is 0.600. The van der Waals surface area contributed by atoms with Crippen molar-refractivity contribution in [3.8, 4) is 0 Å². The average Bonchev–Trinajstić information content (AvgIpc) is 2.92. The summed E-state index contributed by atoms with van der Waals surface area (Å²) in [4.78, 5) is 0. The summed E-state index contributed by atoms with van der Waals surface area (Å²) in [6.45, 7) is 15.4. The maximum atomic E-state index is 3.44. The van der Waals surface area contributed by atoms with Crippen LogP contribution in [0.3, 0.4) is 0 Å². The van der Waals surface area contributed by atoms with Crippen molar-refractivity contribution in [1.29, 1.82) is 0 Å². The molecule has 0 heterocycles. The molecule has 3 heteroatoms. The predicted molar refractivity (Wildman–Crippen MR) is 89.2 cm³/mol. The van der Waals surface area contributed by atoms with Gasteiger partial charge in [-0.25, -0.2) is 17.2 Å². The Balaban J connectivity index is -0.000000308. The van der Waals surface area contributed by atoms with Gasteiger partial charge in [-0.05, 0) is 12.3 Å². The summed E-state index contributed by atoms with van der Waals surface area (Å²) in [5.74, 6) is 0.822. The molecule has 0 saturated carbocycles. The molecule has 0 atom stereocenters. The summed E-state index contributed by atoms with van der Waals surface area (Å²) in [5, 5.41) is 0. The maximum Gasteiger partial charge on any atom is 4.00 e. The molecule has 0 saturated heterocycles. The van der Waals surface area contributed by atoms with Gasteiger partial charge in [-0.15, -0.1) is 13.3 Å². The van der Waals surface area contributed by atoms with Crippen molar-refractivity contribution >= 4 is 0 Å². The van der Waals surface area contributed by atoms with E-state index in [4.69, 9.17) is 0 Å². The quantitative estimate of drug-likeness (QED) is 0.561. The molecule has 0 aromatic rings. The second-order valence-electron chi connectivity index (χ2n) is 6.87. The first-order valence-electron chi connectivity index (χ1n) is 7.80. The van der Waals surface area contributed by atoms with Crippen LogP contribution in [0.5, 0.6) is 0 Å². The molecular weight excluding hydrogens is 402 g/mol. The van der Waals surface area contributed by atoms with Crippen LogP contribution in [0.4, 0.5) is 0 Å². The van der Waals surface area contributed by atoms with E-state index >= 15 is 0 Å². The van der Waals surface area contributed by atoms with Crippen LogP contribution in [0.2, 0.25) is 0 Å². The van der Waals surface area contributed by atoms with Gasteiger partial charge in [0.05, 0.1) is 0 Å². The Bertz CT molecular complexity index is 466. The minimum Gasteiger partial charge on any atom is -1.00 e. The summed E-state index contributed by atoms with van der Waals surface area (Å²) in [6.07, 6.45) is 14.7. The summed E-state index contributed by atoms with van der Waals surface area (Å²) in [7, 11) is 0. The van der Waals surface area contributed by atoms with Crippen molar-refractivity contribution in [3.63, 3.8) is 0 Å². The van der Waals surface area contributed by atoms with Crippen molar-refractivity contribution in [1.82, 2.24) is 0 Å². The second-order valence-corrected chi connectivity index (χ2v) is 6.87. The Morgan fingerprint density at radius 2 is 1.70 bits per heavy atom. The van der Waals surface area contributed by atoms with E-state index in [9.17, 15) is 0 Å². The fourth-order valence-electron chi connectivity index (χ4n) is 2.47. The van der Waals surface area contributed by atoms with Crippen molar-refractivity contribution in [3.05, 3.63) is 46.6 Å². The number of allylic oxidation sites excluding steroid dienone is 8. The van der Waals surface area contributed by atoms with E-state index in [2.05, 4.69) is 72.8 Å². The Hall–Kier alpha value is 0.423. The third-order valence-electron chi connectivity index (χ3n) is 4.32. The molecule has 0 aromatic carbocycles. The van der Waals surface area contributed by atoms with E-state index in [-0.39, 0.29) is 56.4 Å². The van der Waals surface area contributed by atoms with Crippen LogP contribution in [-0.2, 0) is 26.2 Å². The first-order chi connectivity index (χ1) is 9.24. The summed E-state index contributed by atoms with van der Waals surface area (Å²) in [5.41, 5.74) is 5.81. The Morgan fingerprint density at radius 3 is 1.96 bits per heavy atom. The summed E-state index contributed by atoms with van der Waals surface area (Å²) in [6, 6.07) is 0. The largest absolute Gasteiger partial charge is 4.00 e. The molecule has 128 valence electrons. The van der Waals surface area contributed by atoms with E-state index in [1.54, 1.807) is 0 Å². The fourth-order valence-corrected chi connectivity index (χ4v) is 2.47. The molecule has 0 nitrogen and oxygen atoms in total. The topological polar surface area (TPSA) is 0 Å². The van der Waals surface area contributed by atoms with Crippen LogP contribution < -0.4 is 24.8 Å². The molecule has 0 radical (unpaired) electrons. The van der Waals surface area contributed by atoms with Crippen molar-refractivity contribution in [2.24, 2.45) is 11.3 Å². The third kappa shape index (κ3) is 9.47. The summed E-state index contributed by atoms with van der Waals surface area (Å²) >= 11 is 0. The molecule has 0 bridgehead atoms. The van der Waals surface area contributed by atoms with Crippen LogP contribution >= 0.6 is 0 Å². The molecule has 0 aromatic heterocycles. The molecule has 2 aliphatic carbocycles. The molecule has 0 N–H and O–H groups in total. The minimum absolute atomic E-state index is 0. The Morgan fingerprint density at radius 1 is 1.13 bits per heavy atom. The normalized spacial score (nSPS) is 17.4. The smallest absolute Gasteiger partial charge is 1.00 e. The first kappa shape index (κ1) is 28.2. The number of hydrogen-bond donors (Lipinski definition) is 0. The van der Waals surface area contributed by atoms with Crippen LogP contribution in [0.25, 0.3) is 0 Å². The van der Waals surface area contributed by atoms with Gasteiger partial charge in [-0.1, -0.05) is 53.4 Å². The van der Waals surface area contributed by atoms with Gasteiger partial charge in [-0.3, -0.25) is 12.2 Å². The molecule has 2 aliphatic rings. The molecule has 0 amide bonds. The molecule has 0 fully saturated rings. The zero-order valence-corrected chi connectivity index (χ0v) is 19.6. The zero-order chi connectivity index (χ0) is 15.3. The van der Waals surface area contributed by atoms with Gasteiger partial charge in [0.1, 0.15) is 0 Å². The molecule has 2 rings (SSSR count). The van der Waals surface area contributed by atoms with E-state index in [1.807, 2.05) is 0 Å². The van der Waals surface area contributed by atoms with Crippen LogP contribution in [0, 0.1) is 23.5 Å². The van der Waals surface area contributed by atoms with Gasteiger partial charge in [0.15, 0.2) is 0 Å². The average molecular weight is 433 g/mol. The standard InChI is InChI=1S/2C10H15.2ClH.Zr/c1-7-6-10(4,5)9(3)8(7)2;1-9(2)7-8-10-5-3-4-6-10;;;/h1-5H3;3,5,9H,4,7-8H2,1-2H3;2*1H;/q2*-1;;;+4/p-2. The van der Waals surface area contributed by atoms with E-state index in [0.29, 0.717) is 0 Å². The summed E-state index contributed by atoms with van der Waals surface area (Å²) < 4.78 is 0. The van der Waals surface area contributed by atoms with Gasteiger partial charge >= 0.3 is 26.2 Å². The Labute approximate surface area is 175 Å². The number of halogens is 2. The van der Waals surface area contributed by atoms with Crippen LogP contribution in [0.15, 0.2) is 34.4 Å². The molecule has 0 aliphatic heterocycles. The van der Waals surface area contributed by atoms with Crippen molar-refractivity contribution in [2.45, 2.75) is 67.7 Å². The second kappa shape index (κ2) is 12.7. The first-order valence-corrected chi connectivity index (χ1v) is 7.80. The van der Waals surface area contributed by atoms with Gasteiger partial charge in [0.2, 0.25) is 0 Å². The molecule has 0 unspecified atom stereocenters. The molecule has 23 heavy (non-hydrogen) atoms. The minimum atomic E-state index is 0. The number of hydrogen-bond acceptors (Lipinski definition) is 0. The van der Waals surface area contributed by atoms with Gasteiger partial charge in [0, 0.05) is 0 Å². The Kier molecular flexibility index (Phi) is 15.6. The SMILES string of the molecule is CC(C)CCC1=[C-]CC=C1.CC1=[C-]C(C)(C)C(C)=C1C.[Cl-].[Cl-].[Zr+4]. The zero-order valence-electron chi connectivity index (χ0n) is 15.6. The monoisotopic (exact) mass is 430 g/mol. The van der Waals surface area contributed by atoms with Crippen molar-refractivity contribution in [2.75, 3.05) is 0 Å². The van der Waals surface area contributed by atoms with Crippen LogP contribution in [0.1, 0.15) is 67.7 Å². The molecule has 0 spiro atoms. The van der Waals surface area contributed by atoms with Gasteiger partial charge in [0.25, 0.3) is 0 Å².